The normalized spacial score (nSPS) is 24.2. The van der Waals surface area contributed by atoms with E-state index >= 15 is 0 Å². The molecule has 3 aliphatic rings. The Labute approximate surface area is 269 Å². The lowest BCUT2D eigenvalue weighted by Crippen LogP contribution is -2.47. The number of hydrogen-bond acceptors (Lipinski definition) is 12. The van der Waals surface area contributed by atoms with Crippen LogP contribution in [0.2, 0.25) is 0 Å². The van der Waals surface area contributed by atoms with Gasteiger partial charge in [-0.25, -0.2) is 9.78 Å². The lowest BCUT2D eigenvalue weighted by molar-refractivity contribution is -0.188. The first-order valence-electron chi connectivity index (χ1n) is 16.3. The molecular weight excluding hydrogens is 600 g/mol. The van der Waals surface area contributed by atoms with E-state index in [0.29, 0.717) is 12.8 Å². The number of carbonyl (C=O) groups excluding carboxylic acids is 5. The summed E-state index contributed by atoms with van der Waals surface area (Å²) in [6, 6.07) is 0.386. The average Bonchev–Trinajstić information content (AvgIpc) is 3.78. The van der Waals surface area contributed by atoms with Crippen molar-refractivity contribution < 1.29 is 52.4 Å². The summed E-state index contributed by atoms with van der Waals surface area (Å²) in [4.78, 5) is 69.1. The van der Waals surface area contributed by atoms with Crippen molar-refractivity contribution in [2.75, 3.05) is 13.9 Å². The van der Waals surface area contributed by atoms with Crippen LogP contribution in [0, 0.1) is 17.8 Å². The number of carbonyl (C=O) groups is 5. The van der Waals surface area contributed by atoms with E-state index in [-0.39, 0.29) is 53.3 Å². The van der Waals surface area contributed by atoms with E-state index in [1.807, 2.05) is 0 Å². The molecule has 1 saturated heterocycles. The van der Waals surface area contributed by atoms with Gasteiger partial charge in [-0.3, -0.25) is 19.2 Å². The van der Waals surface area contributed by atoms with Crippen molar-refractivity contribution in [1.29, 1.82) is 0 Å². The molecule has 13 nitrogen and oxygen atoms in total. The van der Waals surface area contributed by atoms with E-state index < -0.39 is 49.0 Å². The molecule has 254 valence electrons. The Bertz CT molecular complexity index is 1240. The fourth-order valence-electron chi connectivity index (χ4n) is 6.10. The van der Waals surface area contributed by atoms with Gasteiger partial charge in [-0.05, 0) is 51.9 Å². The second-order valence-electron chi connectivity index (χ2n) is 12.5. The first-order valence-corrected chi connectivity index (χ1v) is 16.3. The van der Waals surface area contributed by atoms with Gasteiger partial charge < -0.3 is 33.7 Å². The first-order chi connectivity index (χ1) is 22.1. The number of rotatable bonds is 11. The molecule has 2 saturated carbocycles. The van der Waals surface area contributed by atoms with Crippen molar-refractivity contribution in [3.63, 3.8) is 0 Å². The highest BCUT2D eigenvalue weighted by Gasteiger charge is 2.41. The van der Waals surface area contributed by atoms with Crippen LogP contribution in [-0.4, -0.2) is 73.0 Å². The van der Waals surface area contributed by atoms with Gasteiger partial charge in [0.2, 0.25) is 6.79 Å². The second-order valence-corrected chi connectivity index (χ2v) is 12.5. The number of nitrogens with one attached hydrogen (secondary N) is 1. The number of esters is 4. The summed E-state index contributed by atoms with van der Waals surface area (Å²) >= 11 is 0. The average molecular weight is 647 g/mol. The van der Waals surface area contributed by atoms with Crippen LogP contribution >= 0.6 is 0 Å². The highest BCUT2D eigenvalue weighted by atomic mass is 16.7. The molecule has 1 N–H and O–H groups in total. The van der Waals surface area contributed by atoms with Crippen molar-refractivity contribution in [2.45, 2.75) is 116 Å². The van der Waals surface area contributed by atoms with Gasteiger partial charge in [0.15, 0.2) is 23.3 Å². The molecule has 2 heterocycles. The summed E-state index contributed by atoms with van der Waals surface area (Å²) in [5.74, 6) is -3.40. The van der Waals surface area contributed by atoms with Crippen LogP contribution in [0.25, 0.3) is 0 Å². The van der Waals surface area contributed by atoms with E-state index in [1.54, 1.807) is 20.8 Å². The molecule has 0 aromatic carbocycles. The molecule has 1 amide bonds. The molecule has 1 aliphatic heterocycles. The summed E-state index contributed by atoms with van der Waals surface area (Å²) in [6.45, 7) is 4.46. The SMILES string of the molecule is COc1ccnc(C(=O)N[C@H]2CCC[C@H](OC(=O)C3CCCC3)[C@@H](OC(=O)C3CCCC3)[C@H](C)OC2=O)c1OCOC(=O)C(C)C. The van der Waals surface area contributed by atoms with Gasteiger partial charge in [0.1, 0.15) is 18.2 Å². The van der Waals surface area contributed by atoms with E-state index in [0.717, 1.165) is 51.4 Å². The van der Waals surface area contributed by atoms with Crippen LogP contribution in [0.1, 0.15) is 102 Å². The van der Waals surface area contributed by atoms with Gasteiger partial charge in [-0.15, -0.1) is 0 Å². The molecule has 13 heteroatoms. The molecular formula is C33H46N2O11. The lowest BCUT2D eigenvalue weighted by atomic mass is 10.0. The number of cyclic esters (lactones) is 1. The molecule has 4 atom stereocenters. The van der Waals surface area contributed by atoms with Crippen molar-refractivity contribution in [3.8, 4) is 11.5 Å². The van der Waals surface area contributed by atoms with Gasteiger partial charge >= 0.3 is 23.9 Å². The monoisotopic (exact) mass is 646 g/mol. The minimum atomic E-state index is -1.09. The van der Waals surface area contributed by atoms with Crippen LogP contribution in [0.5, 0.6) is 11.5 Å². The fourth-order valence-corrected chi connectivity index (χ4v) is 6.10. The summed E-state index contributed by atoms with van der Waals surface area (Å²) in [7, 11) is 1.38. The highest BCUT2D eigenvalue weighted by Crippen LogP contribution is 2.32. The largest absolute Gasteiger partial charge is 0.493 e. The highest BCUT2D eigenvalue weighted by molar-refractivity contribution is 5.98. The molecule has 4 rings (SSSR count). The maximum atomic E-state index is 13.5. The first kappa shape index (κ1) is 35.0. The third kappa shape index (κ3) is 9.10. The van der Waals surface area contributed by atoms with Gasteiger partial charge in [0.05, 0.1) is 24.9 Å². The summed E-state index contributed by atoms with van der Waals surface area (Å²) < 4.78 is 33.7. The minimum absolute atomic E-state index is 0.0679. The number of pyridine rings is 1. The van der Waals surface area contributed by atoms with Crippen LogP contribution in [0.3, 0.4) is 0 Å². The molecule has 0 radical (unpaired) electrons. The fraction of sp³-hybridized carbons (Fsp3) is 0.697. The minimum Gasteiger partial charge on any atom is -0.493 e. The Morgan fingerprint density at radius 1 is 0.935 bits per heavy atom. The molecule has 1 aromatic rings. The topological polar surface area (TPSA) is 166 Å². The standard InChI is InChI=1S/C33H46N2O11/c1-19(2)30(37)43-18-42-28-24(41-4)16-17-34-26(28)29(36)35-23-14-9-15-25(45-31(38)21-10-5-6-11-21)27(20(3)44-33(23)40)46-32(39)22-12-7-8-13-22/h16-17,19-23,25,27H,5-15,18H2,1-4H3,(H,35,36)/t20-,23-,25-,27-/m0/s1. The number of methoxy groups -OCH3 is 1. The predicted octanol–water partition coefficient (Wildman–Crippen LogP) is 4.04. The molecule has 1 aromatic heterocycles. The van der Waals surface area contributed by atoms with E-state index in [1.165, 1.54) is 19.4 Å². The zero-order chi connectivity index (χ0) is 33.2. The Morgan fingerprint density at radius 3 is 2.17 bits per heavy atom. The predicted molar refractivity (Wildman–Crippen MR) is 162 cm³/mol. The van der Waals surface area contributed by atoms with E-state index in [4.69, 9.17) is 28.4 Å². The zero-order valence-corrected chi connectivity index (χ0v) is 27.1. The van der Waals surface area contributed by atoms with Crippen molar-refractivity contribution in [3.05, 3.63) is 18.0 Å². The Balaban J connectivity index is 1.49. The number of nitrogens with zero attached hydrogens (tertiary/aromatic N) is 1. The maximum absolute atomic E-state index is 13.5. The van der Waals surface area contributed by atoms with Crippen LogP contribution in [-0.2, 0) is 38.1 Å². The van der Waals surface area contributed by atoms with Crippen LogP contribution in [0.15, 0.2) is 12.3 Å². The Kier molecular flexibility index (Phi) is 12.6. The van der Waals surface area contributed by atoms with Gasteiger partial charge in [-0.2, -0.15) is 0 Å². The Hall–Kier alpha value is -3.90. The quantitative estimate of drug-likeness (QED) is 0.209. The zero-order valence-electron chi connectivity index (χ0n) is 27.1. The number of amides is 1. The van der Waals surface area contributed by atoms with E-state index in [2.05, 4.69) is 10.3 Å². The third-order valence-corrected chi connectivity index (χ3v) is 8.78. The van der Waals surface area contributed by atoms with Crippen molar-refractivity contribution in [2.24, 2.45) is 17.8 Å². The molecule has 46 heavy (non-hydrogen) atoms. The number of ether oxygens (including phenoxy) is 6. The summed E-state index contributed by atoms with van der Waals surface area (Å²) in [6.07, 6.45) is 6.13. The molecule has 0 unspecified atom stereocenters. The van der Waals surface area contributed by atoms with Gasteiger partial charge in [0.25, 0.3) is 5.91 Å². The van der Waals surface area contributed by atoms with E-state index in [9.17, 15) is 24.0 Å². The smallest absolute Gasteiger partial charge is 0.329 e. The number of aromatic nitrogens is 1. The summed E-state index contributed by atoms with van der Waals surface area (Å²) in [5, 5.41) is 2.68. The van der Waals surface area contributed by atoms with Crippen LogP contribution in [0.4, 0.5) is 0 Å². The number of hydrogen-bond donors (Lipinski definition) is 1. The molecule has 0 spiro atoms. The van der Waals surface area contributed by atoms with Gasteiger partial charge in [-0.1, -0.05) is 39.5 Å². The molecule has 2 aliphatic carbocycles. The summed E-state index contributed by atoms with van der Waals surface area (Å²) in [5.41, 5.74) is -0.188. The lowest BCUT2D eigenvalue weighted by Gasteiger charge is -2.31. The van der Waals surface area contributed by atoms with Crippen molar-refractivity contribution >= 4 is 29.8 Å². The second kappa shape index (κ2) is 16.6. The van der Waals surface area contributed by atoms with Crippen molar-refractivity contribution in [1.82, 2.24) is 10.3 Å². The van der Waals surface area contributed by atoms with Crippen LogP contribution < -0.4 is 14.8 Å². The molecule has 0 bridgehead atoms. The Morgan fingerprint density at radius 2 is 1.57 bits per heavy atom. The molecule has 3 fully saturated rings. The van der Waals surface area contributed by atoms with Gasteiger partial charge in [0, 0.05) is 12.3 Å². The third-order valence-electron chi connectivity index (χ3n) is 8.78. The maximum Gasteiger partial charge on any atom is 0.329 e.